The van der Waals surface area contributed by atoms with E-state index in [-0.39, 0.29) is 36.7 Å². The molecule has 0 aliphatic rings. The lowest BCUT2D eigenvalue weighted by atomic mass is 10.1. The number of benzene rings is 4. The van der Waals surface area contributed by atoms with Gasteiger partial charge in [0.25, 0.3) is 0 Å². The molecule has 0 aliphatic carbocycles. The fourth-order valence-electron chi connectivity index (χ4n) is 5.18. The van der Waals surface area contributed by atoms with Crippen LogP contribution >= 0.6 is 0 Å². The highest BCUT2D eigenvalue weighted by Gasteiger charge is 2.09. The average Bonchev–Trinajstić information content (AvgIpc) is 3.17. The first-order chi connectivity index (χ1) is 26.9. The molecular weight excluding hydrogens is 713 g/mol. The van der Waals surface area contributed by atoms with E-state index in [9.17, 15) is 19.2 Å². The third-order valence-electron chi connectivity index (χ3n) is 8.29. The Morgan fingerprint density at radius 1 is 0.357 bits per heavy atom. The normalized spacial score (nSPS) is 12.2. The molecule has 56 heavy (non-hydrogen) atoms. The summed E-state index contributed by atoms with van der Waals surface area (Å²) in [5.74, 6) is 0.427. The van der Waals surface area contributed by atoms with Gasteiger partial charge in [0, 0.05) is 26.7 Å². The molecule has 0 aromatic heterocycles. The van der Waals surface area contributed by atoms with E-state index in [1.54, 1.807) is 48.5 Å². The van der Waals surface area contributed by atoms with Crippen LogP contribution in [0.4, 0.5) is 0 Å². The van der Waals surface area contributed by atoms with Crippen molar-refractivity contribution in [3.8, 4) is 23.0 Å². The van der Waals surface area contributed by atoms with Gasteiger partial charge >= 0.3 is 23.9 Å². The van der Waals surface area contributed by atoms with Gasteiger partial charge in [-0.15, -0.1) is 0 Å². The molecule has 0 spiro atoms. The van der Waals surface area contributed by atoms with E-state index in [0.29, 0.717) is 58.7 Å². The highest BCUT2D eigenvalue weighted by Crippen LogP contribution is 2.18. The summed E-state index contributed by atoms with van der Waals surface area (Å²) in [5, 5.41) is 17.3. The Kier molecular flexibility index (Phi) is 16.1. The predicted octanol–water partition coefficient (Wildman–Crippen LogP) is 8.86. The molecule has 12 nitrogen and oxygen atoms in total. The van der Waals surface area contributed by atoms with E-state index in [0.717, 1.165) is 35.1 Å². The number of rotatable bonds is 17. The van der Waals surface area contributed by atoms with Crippen LogP contribution in [-0.2, 0) is 19.2 Å². The summed E-state index contributed by atoms with van der Waals surface area (Å²) in [6, 6.07) is 28.2. The Balaban J connectivity index is 1.11. The summed E-state index contributed by atoms with van der Waals surface area (Å²) in [6.07, 6.45) is 3.40. The number of esters is 4. The van der Waals surface area contributed by atoms with Gasteiger partial charge in [0.2, 0.25) is 0 Å². The number of hydrogen-bond donors (Lipinski definition) is 0. The number of nitrogens with zero attached hydrogens (tertiary/aromatic N) is 4. The predicted molar refractivity (Wildman–Crippen MR) is 216 cm³/mol. The van der Waals surface area contributed by atoms with Crippen LogP contribution in [0.1, 0.15) is 102 Å². The van der Waals surface area contributed by atoms with Crippen LogP contribution in [0.25, 0.3) is 0 Å². The standard InChI is InChI=1S/C44H46N4O8/c1-29(35-13-21-39(22-14-35)53-33(5)49)45-47-31(3)37-17-25-41(26-18-37)55-43(51)11-9-7-8-10-12-44(52)56-42-27-19-38(20-28-42)32(4)48-46-30(2)36-15-23-40(24-16-36)54-34(6)50/h13-28H,7-12H2,1-6H3/b45-29+,46-30+,47-31+,48-32+. The molecule has 4 aromatic carbocycles. The van der Waals surface area contributed by atoms with Crippen molar-refractivity contribution in [1.29, 1.82) is 0 Å². The lowest BCUT2D eigenvalue weighted by molar-refractivity contribution is -0.135. The third kappa shape index (κ3) is 14.3. The fraction of sp³-hybridized carbons (Fsp3) is 0.273. The molecular formula is C44H46N4O8. The maximum atomic E-state index is 12.4. The number of unbranched alkanes of at least 4 members (excludes halogenated alkanes) is 3. The molecule has 0 amide bonds. The molecule has 0 fully saturated rings. The Hall–Kier alpha value is -6.56. The average molecular weight is 759 g/mol. The van der Waals surface area contributed by atoms with Gasteiger partial charge in [-0.1, -0.05) is 12.8 Å². The van der Waals surface area contributed by atoms with Crippen LogP contribution in [0.2, 0.25) is 0 Å². The van der Waals surface area contributed by atoms with Crippen molar-refractivity contribution in [1.82, 2.24) is 0 Å². The molecule has 0 saturated heterocycles. The fourth-order valence-corrected chi connectivity index (χ4v) is 5.18. The van der Waals surface area contributed by atoms with Gasteiger partial charge in [0.15, 0.2) is 0 Å². The quantitative estimate of drug-likeness (QED) is 0.0340. The van der Waals surface area contributed by atoms with Crippen molar-refractivity contribution < 1.29 is 38.1 Å². The number of ether oxygens (including phenoxy) is 4. The molecule has 12 heteroatoms. The van der Waals surface area contributed by atoms with Crippen LogP contribution in [0.15, 0.2) is 117 Å². The molecule has 0 radical (unpaired) electrons. The Labute approximate surface area is 327 Å². The van der Waals surface area contributed by atoms with E-state index in [1.807, 2.05) is 76.2 Å². The summed E-state index contributed by atoms with van der Waals surface area (Å²) in [7, 11) is 0. The Bertz CT molecular complexity index is 1950. The monoisotopic (exact) mass is 758 g/mol. The van der Waals surface area contributed by atoms with Crippen LogP contribution in [0.5, 0.6) is 23.0 Å². The zero-order valence-corrected chi connectivity index (χ0v) is 32.5. The number of carbonyl (C=O) groups is 4. The van der Waals surface area contributed by atoms with E-state index in [1.165, 1.54) is 13.8 Å². The smallest absolute Gasteiger partial charge is 0.311 e. The summed E-state index contributed by atoms with van der Waals surface area (Å²) in [5.41, 5.74) is 6.16. The lowest BCUT2D eigenvalue weighted by Crippen LogP contribution is -2.08. The zero-order chi connectivity index (χ0) is 40.5. The zero-order valence-electron chi connectivity index (χ0n) is 32.5. The van der Waals surface area contributed by atoms with Gasteiger partial charge in [0.05, 0.1) is 22.8 Å². The van der Waals surface area contributed by atoms with Crippen molar-refractivity contribution in [3.63, 3.8) is 0 Å². The van der Waals surface area contributed by atoms with Crippen molar-refractivity contribution in [2.75, 3.05) is 0 Å². The largest absolute Gasteiger partial charge is 0.427 e. The summed E-state index contributed by atoms with van der Waals surface area (Å²) >= 11 is 0. The van der Waals surface area contributed by atoms with E-state index >= 15 is 0 Å². The van der Waals surface area contributed by atoms with Crippen molar-refractivity contribution in [2.45, 2.75) is 80.1 Å². The lowest BCUT2D eigenvalue weighted by Gasteiger charge is -2.07. The number of hydrogen-bond acceptors (Lipinski definition) is 12. The van der Waals surface area contributed by atoms with Gasteiger partial charge in [-0.25, -0.2) is 0 Å². The van der Waals surface area contributed by atoms with Crippen molar-refractivity contribution >= 4 is 46.7 Å². The van der Waals surface area contributed by atoms with Gasteiger partial charge < -0.3 is 18.9 Å². The van der Waals surface area contributed by atoms with Crippen LogP contribution in [0, 0.1) is 0 Å². The third-order valence-corrected chi connectivity index (χ3v) is 8.29. The van der Waals surface area contributed by atoms with Gasteiger partial charge in [-0.2, -0.15) is 20.4 Å². The van der Waals surface area contributed by atoms with Gasteiger partial charge in [-0.05, 0) is 160 Å². The molecule has 4 rings (SSSR count). The second-order valence-electron chi connectivity index (χ2n) is 12.9. The first-order valence-corrected chi connectivity index (χ1v) is 18.2. The minimum absolute atomic E-state index is 0.271. The molecule has 0 N–H and O–H groups in total. The highest BCUT2D eigenvalue weighted by atomic mass is 16.5. The topological polar surface area (TPSA) is 155 Å². The van der Waals surface area contributed by atoms with E-state index in [4.69, 9.17) is 18.9 Å². The molecule has 4 aromatic rings. The maximum Gasteiger partial charge on any atom is 0.311 e. The van der Waals surface area contributed by atoms with Crippen LogP contribution in [0.3, 0.4) is 0 Å². The summed E-state index contributed by atoms with van der Waals surface area (Å²) < 4.78 is 21.1. The molecule has 0 aliphatic heterocycles. The Morgan fingerprint density at radius 3 is 0.821 bits per heavy atom. The second-order valence-corrected chi connectivity index (χ2v) is 12.9. The first kappa shape index (κ1) is 42.2. The van der Waals surface area contributed by atoms with Crippen molar-refractivity contribution in [3.05, 3.63) is 119 Å². The second kappa shape index (κ2) is 21.4. The molecule has 0 unspecified atom stereocenters. The molecule has 0 bridgehead atoms. The van der Waals surface area contributed by atoms with Crippen LogP contribution < -0.4 is 18.9 Å². The van der Waals surface area contributed by atoms with Gasteiger partial charge in [0.1, 0.15) is 23.0 Å². The molecule has 290 valence electrons. The summed E-state index contributed by atoms with van der Waals surface area (Å²) in [4.78, 5) is 47.0. The molecule has 0 atom stereocenters. The van der Waals surface area contributed by atoms with Gasteiger partial charge in [-0.3, -0.25) is 19.2 Å². The van der Waals surface area contributed by atoms with Crippen LogP contribution in [-0.4, -0.2) is 46.7 Å². The minimum atomic E-state index is -0.378. The SMILES string of the molecule is CC(=O)Oc1ccc(/C(C)=N/N=C(\C)c2ccc(OC(=O)CCCCCCC(=O)Oc3ccc(/C(C)=N/N=C(\C)c4ccc(OC(C)=O)cc4)cc3)cc2)cc1. The highest BCUT2D eigenvalue weighted by molar-refractivity contribution is 6.03. The number of carbonyl (C=O) groups excluding carboxylic acids is 4. The van der Waals surface area contributed by atoms with E-state index < -0.39 is 0 Å². The molecule has 0 saturated carbocycles. The Morgan fingerprint density at radius 2 is 0.589 bits per heavy atom. The minimum Gasteiger partial charge on any atom is -0.427 e. The summed E-state index contributed by atoms with van der Waals surface area (Å²) in [6.45, 7) is 10.1. The van der Waals surface area contributed by atoms with E-state index in [2.05, 4.69) is 20.4 Å². The molecule has 0 heterocycles. The first-order valence-electron chi connectivity index (χ1n) is 18.2. The maximum absolute atomic E-state index is 12.4. The van der Waals surface area contributed by atoms with Crippen molar-refractivity contribution in [2.24, 2.45) is 20.4 Å².